The molecule has 5 nitrogen and oxygen atoms in total. The molecule has 0 aliphatic heterocycles. The molecule has 1 fully saturated rings. The van der Waals surface area contributed by atoms with E-state index in [1.54, 1.807) is 24.2 Å². The van der Waals surface area contributed by atoms with Gasteiger partial charge in [-0.3, -0.25) is 0 Å². The first kappa shape index (κ1) is 13.6. The molecular weight excluding hydrogens is 270 g/mol. The quantitative estimate of drug-likeness (QED) is 0.907. The number of nitrogens with two attached hydrogens (primary N) is 1. The maximum absolute atomic E-state index is 11.6. The Morgan fingerprint density at radius 1 is 1.33 bits per heavy atom. The average Bonchev–Trinajstić information content (AvgIpc) is 2.31. The number of anilines is 1. The van der Waals surface area contributed by atoms with Gasteiger partial charge in [-0.1, -0.05) is 18.2 Å². The molecule has 18 heavy (non-hydrogen) atoms. The molecule has 1 aromatic rings. The van der Waals surface area contributed by atoms with Gasteiger partial charge in [0.2, 0.25) is 0 Å². The van der Waals surface area contributed by atoms with E-state index < -0.39 is 9.84 Å². The summed E-state index contributed by atoms with van der Waals surface area (Å²) < 4.78 is 23.2. The van der Waals surface area contributed by atoms with Crippen molar-refractivity contribution in [3.05, 3.63) is 12.4 Å². The second-order valence-electron chi connectivity index (χ2n) is 4.60. The Hall–Kier alpha value is -0.820. The number of nitrogen functional groups attached to an aromatic ring is 1. The third-order valence-corrected chi connectivity index (χ3v) is 6.09. The highest BCUT2D eigenvalue weighted by molar-refractivity contribution is 8.00. The van der Waals surface area contributed by atoms with Crippen molar-refractivity contribution < 1.29 is 8.42 Å². The lowest BCUT2D eigenvalue weighted by atomic mass is 10.00. The third-order valence-electron chi connectivity index (χ3n) is 3.15. The molecule has 1 aliphatic rings. The van der Waals surface area contributed by atoms with Crippen LogP contribution < -0.4 is 5.73 Å². The van der Waals surface area contributed by atoms with Crippen LogP contribution in [0.25, 0.3) is 0 Å². The van der Waals surface area contributed by atoms with Crippen LogP contribution >= 0.6 is 11.8 Å². The smallest absolute Gasteiger partial charge is 0.156 e. The molecule has 2 rings (SSSR count). The highest BCUT2D eigenvalue weighted by Crippen LogP contribution is 2.36. The highest BCUT2D eigenvalue weighted by Gasteiger charge is 2.29. The molecular formula is C11H17N3O2S2. The van der Waals surface area contributed by atoms with Gasteiger partial charge in [-0.2, -0.15) is 0 Å². The van der Waals surface area contributed by atoms with Crippen molar-refractivity contribution in [3.8, 4) is 0 Å². The van der Waals surface area contributed by atoms with E-state index in [4.69, 9.17) is 5.73 Å². The van der Waals surface area contributed by atoms with Gasteiger partial charge in [-0.15, -0.1) is 0 Å². The SMILES string of the molecule is CS(=O)(=O)C1CCCC(Sc2nccnc2N)C1. The number of hydrogen-bond donors (Lipinski definition) is 1. The summed E-state index contributed by atoms with van der Waals surface area (Å²) in [6, 6.07) is 0. The standard InChI is InChI=1S/C11H17N3O2S2/c1-18(15,16)9-4-2-3-8(7-9)17-11-10(12)13-5-6-14-11/h5-6,8-9H,2-4,7H2,1H3,(H2,12,13). The molecule has 100 valence electrons. The molecule has 0 saturated heterocycles. The van der Waals surface area contributed by atoms with Gasteiger partial charge in [0.05, 0.1) is 5.25 Å². The van der Waals surface area contributed by atoms with Gasteiger partial charge >= 0.3 is 0 Å². The third kappa shape index (κ3) is 3.35. The monoisotopic (exact) mass is 287 g/mol. The zero-order valence-corrected chi connectivity index (χ0v) is 11.9. The Kier molecular flexibility index (Phi) is 4.11. The van der Waals surface area contributed by atoms with Crippen LogP contribution in [0.3, 0.4) is 0 Å². The summed E-state index contributed by atoms with van der Waals surface area (Å²) in [5, 5.41) is 0.746. The summed E-state index contributed by atoms with van der Waals surface area (Å²) in [7, 11) is -2.94. The summed E-state index contributed by atoms with van der Waals surface area (Å²) in [4.78, 5) is 8.17. The van der Waals surface area contributed by atoms with Gasteiger partial charge in [0.25, 0.3) is 0 Å². The lowest BCUT2D eigenvalue weighted by molar-refractivity contribution is 0.495. The Balaban J connectivity index is 2.05. The fourth-order valence-electron chi connectivity index (χ4n) is 2.18. The Morgan fingerprint density at radius 2 is 2.06 bits per heavy atom. The fraction of sp³-hybridized carbons (Fsp3) is 0.636. The zero-order chi connectivity index (χ0) is 13.2. The molecule has 0 bridgehead atoms. The second-order valence-corrected chi connectivity index (χ2v) is 8.22. The predicted molar refractivity (Wildman–Crippen MR) is 73.2 cm³/mol. The number of rotatable bonds is 3. The van der Waals surface area contributed by atoms with Gasteiger partial charge in [-0.25, -0.2) is 18.4 Å². The van der Waals surface area contributed by atoms with Gasteiger partial charge in [0.15, 0.2) is 5.82 Å². The van der Waals surface area contributed by atoms with Gasteiger partial charge < -0.3 is 5.73 Å². The summed E-state index contributed by atoms with van der Waals surface area (Å²) in [6.45, 7) is 0. The second kappa shape index (κ2) is 5.44. The molecule has 0 aromatic carbocycles. The first-order chi connectivity index (χ1) is 8.47. The van der Waals surface area contributed by atoms with Crippen LogP contribution in [0.15, 0.2) is 17.4 Å². The van der Waals surface area contributed by atoms with Crippen LogP contribution in [-0.4, -0.2) is 35.1 Å². The molecule has 0 amide bonds. The van der Waals surface area contributed by atoms with E-state index in [1.165, 1.54) is 6.26 Å². The van der Waals surface area contributed by atoms with Crippen LogP contribution in [0.1, 0.15) is 25.7 Å². The summed E-state index contributed by atoms with van der Waals surface area (Å²) in [6.07, 6.45) is 7.88. The lowest BCUT2D eigenvalue weighted by Gasteiger charge is -2.27. The first-order valence-corrected chi connectivity index (χ1v) is 8.72. The van der Waals surface area contributed by atoms with Crippen molar-refractivity contribution in [1.82, 2.24) is 9.97 Å². The topological polar surface area (TPSA) is 85.9 Å². The predicted octanol–water partition coefficient (Wildman–Crippen LogP) is 1.51. The normalized spacial score (nSPS) is 24.9. The highest BCUT2D eigenvalue weighted by atomic mass is 32.2. The van der Waals surface area contributed by atoms with Crippen LogP contribution in [0.4, 0.5) is 5.82 Å². The van der Waals surface area contributed by atoms with Gasteiger partial charge in [-0.05, 0) is 19.3 Å². The fourth-order valence-corrected chi connectivity index (χ4v) is 4.71. The van der Waals surface area contributed by atoms with Crippen molar-refractivity contribution in [2.45, 2.75) is 41.2 Å². The van der Waals surface area contributed by atoms with E-state index in [9.17, 15) is 8.42 Å². The van der Waals surface area contributed by atoms with E-state index in [0.717, 1.165) is 19.3 Å². The van der Waals surface area contributed by atoms with Crippen LogP contribution in [-0.2, 0) is 9.84 Å². The van der Waals surface area contributed by atoms with E-state index in [0.29, 0.717) is 17.3 Å². The number of aromatic nitrogens is 2. The first-order valence-electron chi connectivity index (χ1n) is 5.89. The van der Waals surface area contributed by atoms with Crippen molar-refractivity contribution >= 4 is 27.4 Å². The molecule has 1 saturated carbocycles. The van der Waals surface area contributed by atoms with Crippen molar-refractivity contribution in [2.75, 3.05) is 12.0 Å². The Morgan fingerprint density at radius 3 is 2.72 bits per heavy atom. The number of nitrogens with zero attached hydrogens (tertiary/aromatic N) is 2. The van der Waals surface area contributed by atoms with E-state index >= 15 is 0 Å². The van der Waals surface area contributed by atoms with E-state index in [1.807, 2.05) is 0 Å². The van der Waals surface area contributed by atoms with Crippen LogP contribution in [0.2, 0.25) is 0 Å². The summed E-state index contributed by atoms with van der Waals surface area (Å²) >= 11 is 1.55. The molecule has 1 aromatic heterocycles. The Labute approximate surface area is 112 Å². The molecule has 2 atom stereocenters. The molecule has 1 heterocycles. The maximum Gasteiger partial charge on any atom is 0.156 e. The number of hydrogen-bond acceptors (Lipinski definition) is 6. The molecule has 1 aliphatic carbocycles. The maximum atomic E-state index is 11.6. The molecule has 2 N–H and O–H groups in total. The van der Waals surface area contributed by atoms with Crippen LogP contribution in [0, 0.1) is 0 Å². The minimum Gasteiger partial charge on any atom is -0.381 e. The molecule has 7 heteroatoms. The van der Waals surface area contributed by atoms with E-state index in [-0.39, 0.29) is 10.5 Å². The summed E-state index contributed by atoms with van der Waals surface area (Å²) in [5.41, 5.74) is 5.75. The van der Waals surface area contributed by atoms with Crippen LogP contribution in [0.5, 0.6) is 0 Å². The largest absolute Gasteiger partial charge is 0.381 e. The average molecular weight is 287 g/mol. The van der Waals surface area contributed by atoms with Gasteiger partial charge in [0, 0.05) is 23.9 Å². The Bertz CT molecular complexity index is 519. The minimum atomic E-state index is -2.94. The number of thioether (sulfide) groups is 1. The van der Waals surface area contributed by atoms with Gasteiger partial charge in [0.1, 0.15) is 14.9 Å². The van der Waals surface area contributed by atoms with Crippen molar-refractivity contribution in [3.63, 3.8) is 0 Å². The summed E-state index contributed by atoms with van der Waals surface area (Å²) in [5.74, 6) is 0.420. The lowest BCUT2D eigenvalue weighted by Crippen LogP contribution is -2.28. The van der Waals surface area contributed by atoms with Crippen molar-refractivity contribution in [2.24, 2.45) is 0 Å². The number of sulfone groups is 1. The molecule has 0 radical (unpaired) electrons. The minimum absolute atomic E-state index is 0.221. The molecule has 2 unspecified atom stereocenters. The van der Waals surface area contributed by atoms with Crippen molar-refractivity contribution in [1.29, 1.82) is 0 Å². The zero-order valence-electron chi connectivity index (χ0n) is 10.2. The molecule has 0 spiro atoms. The van der Waals surface area contributed by atoms with E-state index in [2.05, 4.69) is 9.97 Å².